The number of aryl methyl sites for hydroxylation is 1. The fourth-order valence-corrected chi connectivity index (χ4v) is 3.08. The first-order chi connectivity index (χ1) is 8.97. The minimum absolute atomic E-state index is 0.117. The van der Waals surface area contributed by atoms with Crippen molar-refractivity contribution in [3.63, 3.8) is 0 Å². The molecule has 0 heterocycles. The quantitative estimate of drug-likeness (QED) is 0.707. The van der Waals surface area contributed by atoms with Gasteiger partial charge in [0.1, 0.15) is 4.90 Å². The predicted molar refractivity (Wildman–Crippen MR) is 76.1 cm³/mol. The third-order valence-electron chi connectivity index (χ3n) is 2.45. The molecular formula is C12H19ClN2O3S. The van der Waals surface area contributed by atoms with Crippen molar-refractivity contribution >= 4 is 21.6 Å². The molecule has 0 aromatic heterocycles. The van der Waals surface area contributed by atoms with Crippen LogP contribution in [0.1, 0.15) is 5.56 Å². The Morgan fingerprint density at radius 1 is 1.26 bits per heavy atom. The van der Waals surface area contributed by atoms with Crippen molar-refractivity contribution in [2.24, 2.45) is 0 Å². The van der Waals surface area contributed by atoms with Crippen LogP contribution in [0.15, 0.2) is 23.1 Å². The summed E-state index contributed by atoms with van der Waals surface area (Å²) in [6.45, 7) is 3.93. The summed E-state index contributed by atoms with van der Waals surface area (Å²) < 4.78 is 31.5. The molecule has 1 aromatic carbocycles. The van der Waals surface area contributed by atoms with Gasteiger partial charge in [-0.25, -0.2) is 13.1 Å². The molecule has 108 valence electrons. The second kappa shape index (κ2) is 7.81. The normalized spacial score (nSPS) is 11.7. The topological polar surface area (TPSA) is 67.4 Å². The minimum atomic E-state index is -3.56. The van der Waals surface area contributed by atoms with E-state index in [1.807, 2.05) is 6.92 Å². The number of nitrogens with one attached hydrogen (secondary N) is 2. The molecule has 0 spiro atoms. The molecule has 1 rings (SSSR count). The standard InChI is InChI=1S/C12H19ClN2O3S/c1-10-3-4-11(13)12(9-10)19(16,17)15-6-5-14-7-8-18-2/h3-4,9,14-15H,5-8H2,1-2H3. The number of halogens is 1. The van der Waals surface area contributed by atoms with E-state index in [4.69, 9.17) is 16.3 Å². The average molecular weight is 307 g/mol. The first kappa shape index (κ1) is 16.4. The molecule has 0 saturated carbocycles. The van der Waals surface area contributed by atoms with Crippen LogP contribution in [0, 0.1) is 6.92 Å². The Morgan fingerprint density at radius 2 is 2.00 bits per heavy atom. The van der Waals surface area contributed by atoms with Gasteiger partial charge in [-0.3, -0.25) is 0 Å². The molecule has 0 saturated heterocycles. The van der Waals surface area contributed by atoms with Gasteiger partial charge in [0, 0.05) is 26.7 Å². The van der Waals surface area contributed by atoms with E-state index >= 15 is 0 Å². The summed E-state index contributed by atoms with van der Waals surface area (Å²) in [5.41, 5.74) is 0.850. The molecule has 0 aliphatic rings. The van der Waals surface area contributed by atoms with Gasteiger partial charge < -0.3 is 10.1 Å². The lowest BCUT2D eigenvalue weighted by Gasteiger charge is -2.09. The van der Waals surface area contributed by atoms with E-state index in [1.165, 1.54) is 0 Å². The average Bonchev–Trinajstić information content (AvgIpc) is 2.36. The highest BCUT2D eigenvalue weighted by atomic mass is 35.5. The number of methoxy groups -OCH3 is 1. The van der Waals surface area contributed by atoms with Crippen LogP contribution in [-0.2, 0) is 14.8 Å². The summed E-state index contributed by atoms with van der Waals surface area (Å²) in [4.78, 5) is 0.117. The van der Waals surface area contributed by atoms with Crippen molar-refractivity contribution in [3.8, 4) is 0 Å². The first-order valence-corrected chi connectivity index (χ1v) is 7.79. The van der Waals surface area contributed by atoms with Crippen LogP contribution < -0.4 is 10.0 Å². The summed E-state index contributed by atoms with van der Waals surface area (Å²) >= 11 is 5.91. The maximum atomic E-state index is 12.0. The summed E-state index contributed by atoms with van der Waals surface area (Å²) in [6.07, 6.45) is 0. The van der Waals surface area contributed by atoms with Gasteiger partial charge in [-0.2, -0.15) is 0 Å². The van der Waals surface area contributed by atoms with Crippen LogP contribution in [0.25, 0.3) is 0 Å². The molecule has 0 bridgehead atoms. The minimum Gasteiger partial charge on any atom is -0.383 e. The zero-order valence-corrected chi connectivity index (χ0v) is 12.6. The fourth-order valence-electron chi connectivity index (χ4n) is 1.47. The van der Waals surface area contributed by atoms with Crippen LogP contribution in [-0.4, -0.2) is 41.8 Å². The molecule has 2 N–H and O–H groups in total. The molecule has 0 amide bonds. The molecule has 0 radical (unpaired) electrons. The van der Waals surface area contributed by atoms with E-state index in [0.717, 1.165) is 5.56 Å². The maximum Gasteiger partial charge on any atom is 0.242 e. The van der Waals surface area contributed by atoms with Crippen molar-refractivity contribution in [3.05, 3.63) is 28.8 Å². The zero-order chi connectivity index (χ0) is 14.3. The molecule has 7 heteroatoms. The largest absolute Gasteiger partial charge is 0.383 e. The molecule has 5 nitrogen and oxygen atoms in total. The number of ether oxygens (including phenoxy) is 1. The van der Waals surface area contributed by atoms with E-state index in [0.29, 0.717) is 26.2 Å². The van der Waals surface area contributed by atoms with Crippen molar-refractivity contribution in [1.29, 1.82) is 0 Å². The number of benzene rings is 1. The van der Waals surface area contributed by atoms with Crippen molar-refractivity contribution in [2.45, 2.75) is 11.8 Å². The van der Waals surface area contributed by atoms with Crippen molar-refractivity contribution < 1.29 is 13.2 Å². The molecule has 0 unspecified atom stereocenters. The molecule has 0 fully saturated rings. The molecule has 0 aliphatic carbocycles. The van der Waals surface area contributed by atoms with E-state index in [2.05, 4.69) is 10.0 Å². The van der Waals surface area contributed by atoms with Crippen molar-refractivity contribution in [2.75, 3.05) is 33.4 Å². The SMILES string of the molecule is COCCNCCNS(=O)(=O)c1cc(C)ccc1Cl. The summed E-state index contributed by atoms with van der Waals surface area (Å²) in [5, 5.41) is 3.28. The summed E-state index contributed by atoms with van der Waals surface area (Å²) in [6, 6.07) is 4.92. The number of hydrogen-bond acceptors (Lipinski definition) is 4. The summed E-state index contributed by atoms with van der Waals surface area (Å²) in [7, 11) is -1.94. The van der Waals surface area contributed by atoms with Gasteiger partial charge in [-0.05, 0) is 24.6 Å². The number of sulfonamides is 1. The monoisotopic (exact) mass is 306 g/mol. The van der Waals surface area contributed by atoms with Crippen LogP contribution >= 0.6 is 11.6 Å². The molecule has 1 aromatic rings. The third kappa shape index (κ3) is 5.46. The zero-order valence-electron chi connectivity index (χ0n) is 11.1. The Labute approximate surface area is 119 Å². The highest BCUT2D eigenvalue weighted by Gasteiger charge is 2.17. The fraction of sp³-hybridized carbons (Fsp3) is 0.500. The maximum absolute atomic E-state index is 12.0. The lowest BCUT2D eigenvalue weighted by molar-refractivity contribution is 0.199. The second-order valence-electron chi connectivity index (χ2n) is 4.07. The second-order valence-corrected chi connectivity index (χ2v) is 6.22. The Hall–Kier alpha value is -0.660. The predicted octanol–water partition coefficient (Wildman–Crippen LogP) is 1.16. The Bertz CT molecular complexity index is 506. The third-order valence-corrected chi connectivity index (χ3v) is 4.40. The number of hydrogen-bond donors (Lipinski definition) is 2. The lowest BCUT2D eigenvalue weighted by Crippen LogP contribution is -2.33. The highest BCUT2D eigenvalue weighted by molar-refractivity contribution is 7.89. The molecule has 19 heavy (non-hydrogen) atoms. The van der Waals surface area contributed by atoms with Gasteiger partial charge in [0.25, 0.3) is 0 Å². The highest BCUT2D eigenvalue weighted by Crippen LogP contribution is 2.21. The van der Waals surface area contributed by atoms with Gasteiger partial charge in [-0.1, -0.05) is 17.7 Å². The van der Waals surface area contributed by atoms with Crippen LogP contribution in [0.5, 0.6) is 0 Å². The molecule has 0 aliphatic heterocycles. The van der Waals surface area contributed by atoms with Crippen LogP contribution in [0.2, 0.25) is 5.02 Å². The van der Waals surface area contributed by atoms with Gasteiger partial charge in [0.2, 0.25) is 10.0 Å². The van der Waals surface area contributed by atoms with Crippen LogP contribution in [0.3, 0.4) is 0 Å². The smallest absolute Gasteiger partial charge is 0.242 e. The van der Waals surface area contributed by atoms with E-state index in [9.17, 15) is 8.42 Å². The van der Waals surface area contributed by atoms with E-state index in [1.54, 1.807) is 25.3 Å². The number of rotatable bonds is 8. The van der Waals surface area contributed by atoms with E-state index < -0.39 is 10.0 Å². The van der Waals surface area contributed by atoms with Crippen LogP contribution in [0.4, 0.5) is 0 Å². The Balaban J connectivity index is 2.54. The van der Waals surface area contributed by atoms with Gasteiger partial charge in [0.15, 0.2) is 0 Å². The van der Waals surface area contributed by atoms with Gasteiger partial charge in [0.05, 0.1) is 11.6 Å². The van der Waals surface area contributed by atoms with E-state index in [-0.39, 0.29) is 9.92 Å². The Kier molecular flexibility index (Phi) is 6.74. The molecule has 0 atom stereocenters. The van der Waals surface area contributed by atoms with Crippen molar-refractivity contribution in [1.82, 2.24) is 10.0 Å². The summed E-state index contributed by atoms with van der Waals surface area (Å²) in [5.74, 6) is 0. The van der Waals surface area contributed by atoms with Gasteiger partial charge >= 0.3 is 0 Å². The lowest BCUT2D eigenvalue weighted by atomic mass is 10.2. The van der Waals surface area contributed by atoms with Gasteiger partial charge in [-0.15, -0.1) is 0 Å². The first-order valence-electron chi connectivity index (χ1n) is 5.93. The Morgan fingerprint density at radius 3 is 2.68 bits per heavy atom. The molecular weight excluding hydrogens is 288 g/mol.